The van der Waals surface area contributed by atoms with Crippen molar-refractivity contribution in [1.82, 2.24) is 0 Å². The van der Waals surface area contributed by atoms with Gasteiger partial charge in [0.15, 0.2) is 17.5 Å². The van der Waals surface area contributed by atoms with Crippen molar-refractivity contribution in [2.24, 2.45) is 5.92 Å². The van der Waals surface area contributed by atoms with Crippen LogP contribution in [0.4, 0.5) is 0 Å². The van der Waals surface area contributed by atoms with E-state index in [-0.39, 0.29) is 18.0 Å². The molecule has 0 N–H and O–H groups in total. The third kappa shape index (κ3) is 5.43. The Balaban J connectivity index is 2.22. The van der Waals surface area contributed by atoms with Gasteiger partial charge < -0.3 is 4.74 Å². The van der Waals surface area contributed by atoms with Crippen molar-refractivity contribution in [3.63, 3.8) is 0 Å². The average Bonchev–Trinajstić information content (AvgIpc) is 2.36. The minimum absolute atomic E-state index is 0.166. The summed E-state index contributed by atoms with van der Waals surface area (Å²) in [6.45, 7) is 3.85. The van der Waals surface area contributed by atoms with Crippen LogP contribution in [0.3, 0.4) is 0 Å². The van der Waals surface area contributed by atoms with Gasteiger partial charge in [0.2, 0.25) is 0 Å². The summed E-state index contributed by atoms with van der Waals surface area (Å²) in [5.74, 6) is -2.34. The lowest BCUT2D eigenvalue weighted by Crippen LogP contribution is -2.41. The molecular weight excluding hydrogens is 256 g/mol. The quantitative estimate of drug-likeness (QED) is 0.370. The summed E-state index contributed by atoms with van der Waals surface area (Å²) in [5, 5.41) is 0. The molecule has 0 radical (unpaired) electrons. The van der Waals surface area contributed by atoms with Crippen molar-refractivity contribution >= 4 is 17.5 Å². The lowest BCUT2D eigenvalue weighted by Gasteiger charge is -2.23. The number of hydrogen-bond acceptors (Lipinski definition) is 4. The van der Waals surface area contributed by atoms with E-state index in [2.05, 4.69) is 6.92 Å². The number of rotatable bonds is 9. The van der Waals surface area contributed by atoms with E-state index >= 15 is 0 Å². The molecule has 0 aliphatic carbocycles. The third-order valence-electron chi connectivity index (χ3n) is 3.71. The fraction of sp³-hybridized carbons (Fsp3) is 0.812. The monoisotopic (exact) mass is 282 g/mol. The highest BCUT2D eigenvalue weighted by Gasteiger charge is 2.39. The maximum Gasteiger partial charge on any atom is 0.324 e. The van der Waals surface area contributed by atoms with Gasteiger partial charge in [-0.2, -0.15) is 0 Å². The van der Waals surface area contributed by atoms with Gasteiger partial charge in [-0.15, -0.1) is 0 Å². The van der Waals surface area contributed by atoms with Crippen LogP contribution in [-0.2, 0) is 19.1 Å². The summed E-state index contributed by atoms with van der Waals surface area (Å²) >= 11 is 0. The molecule has 2 atom stereocenters. The molecule has 4 heteroatoms. The normalized spacial score (nSPS) is 22.7. The van der Waals surface area contributed by atoms with Crippen molar-refractivity contribution < 1.29 is 19.1 Å². The molecule has 0 bridgehead atoms. The molecule has 0 aromatic heterocycles. The van der Waals surface area contributed by atoms with Gasteiger partial charge >= 0.3 is 5.97 Å². The van der Waals surface area contributed by atoms with Crippen LogP contribution in [0, 0.1) is 5.92 Å². The van der Waals surface area contributed by atoms with Crippen LogP contribution in [-0.4, -0.2) is 23.6 Å². The number of ketones is 2. The highest BCUT2D eigenvalue weighted by Crippen LogP contribution is 2.20. The van der Waals surface area contributed by atoms with Gasteiger partial charge in [-0.3, -0.25) is 14.4 Å². The van der Waals surface area contributed by atoms with Crippen molar-refractivity contribution in [2.75, 3.05) is 0 Å². The van der Waals surface area contributed by atoms with E-state index in [1.165, 1.54) is 25.7 Å². The van der Waals surface area contributed by atoms with Crippen LogP contribution in [0.5, 0.6) is 0 Å². The second kappa shape index (κ2) is 8.88. The first-order valence-corrected chi connectivity index (χ1v) is 7.82. The van der Waals surface area contributed by atoms with E-state index in [4.69, 9.17) is 4.74 Å². The molecule has 1 heterocycles. The summed E-state index contributed by atoms with van der Waals surface area (Å²) in [6.07, 6.45) is 7.89. The number of ether oxygens (including phenoxy) is 1. The molecule has 1 aliphatic heterocycles. The maximum atomic E-state index is 11.9. The van der Waals surface area contributed by atoms with Gasteiger partial charge in [0.05, 0.1) is 0 Å². The minimum atomic E-state index is -1.15. The summed E-state index contributed by atoms with van der Waals surface area (Å²) in [5.41, 5.74) is 0. The standard InChI is InChI=1S/C16H26O4/c1-3-4-5-6-7-8-9-10-13(17)15-14(18)11-12(2)20-16(15)19/h12,15H,3-11H2,1-2H3. The van der Waals surface area contributed by atoms with Gasteiger partial charge in [0.1, 0.15) is 6.10 Å². The summed E-state index contributed by atoms with van der Waals surface area (Å²) < 4.78 is 4.98. The molecule has 4 nitrogen and oxygen atoms in total. The van der Waals surface area contributed by atoms with Crippen LogP contribution in [0.2, 0.25) is 0 Å². The van der Waals surface area contributed by atoms with Crippen LogP contribution in [0.15, 0.2) is 0 Å². The molecule has 114 valence electrons. The van der Waals surface area contributed by atoms with Gasteiger partial charge in [-0.25, -0.2) is 0 Å². The molecule has 20 heavy (non-hydrogen) atoms. The number of Topliss-reactive ketones (excluding diaryl/α,β-unsaturated/α-hetero) is 2. The maximum absolute atomic E-state index is 11.9. The first-order chi connectivity index (χ1) is 9.56. The van der Waals surface area contributed by atoms with Crippen molar-refractivity contribution in [2.45, 2.75) is 77.7 Å². The molecule has 1 rings (SSSR count). The van der Waals surface area contributed by atoms with Crippen LogP contribution in [0.1, 0.15) is 71.6 Å². The highest BCUT2D eigenvalue weighted by atomic mass is 16.5. The van der Waals surface area contributed by atoms with Gasteiger partial charge in [-0.05, 0) is 13.3 Å². The molecular formula is C16H26O4. The van der Waals surface area contributed by atoms with E-state index in [1.807, 2.05) is 0 Å². The van der Waals surface area contributed by atoms with Crippen molar-refractivity contribution in [1.29, 1.82) is 0 Å². The molecule has 2 unspecified atom stereocenters. The predicted molar refractivity (Wildman–Crippen MR) is 76.3 cm³/mol. The number of esters is 1. The smallest absolute Gasteiger partial charge is 0.324 e. The number of hydrogen-bond donors (Lipinski definition) is 0. The lowest BCUT2D eigenvalue weighted by molar-refractivity contribution is -0.165. The van der Waals surface area contributed by atoms with E-state index < -0.39 is 18.0 Å². The molecule has 0 spiro atoms. The number of carbonyl (C=O) groups is 3. The highest BCUT2D eigenvalue weighted by molar-refractivity contribution is 6.18. The molecule has 0 saturated carbocycles. The number of unbranched alkanes of at least 4 members (excludes halogenated alkanes) is 6. The fourth-order valence-corrected chi connectivity index (χ4v) is 2.55. The average molecular weight is 282 g/mol. The molecule has 0 amide bonds. The molecule has 1 saturated heterocycles. The van der Waals surface area contributed by atoms with Crippen LogP contribution >= 0.6 is 0 Å². The molecule has 0 aromatic rings. The van der Waals surface area contributed by atoms with Gasteiger partial charge in [-0.1, -0.05) is 45.4 Å². The number of cyclic esters (lactones) is 1. The zero-order chi connectivity index (χ0) is 15.0. The zero-order valence-corrected chi connectivity index (χ0v) is 12.7. The summed E-state index contributed by atoms with van der Waals surface area (Å²) in [7, 11) is 0. The minimum Gasteiger partial charge on any atom is -0.461 e. The molecule has 1 aliphatic rings. The molecule has 1 fully saturated rings. The molecule has 0 aromatic carbocycles. The zero-order valence-electron chi connectivity index (χ0n) is 12.7. The van der Waals surface area contributed by atoms with E-state index in [9.17, 15) is 14.4 Å². The fourth-order valence-electron chi connectivity index (χ4n) is 2.55. The Hall–Kier alpha value is -1.19. The van der Waals surface area contributed by atoms with E-state index in [0.717, 1.165) is 19.3 Å². The Morgan fingerprint density at radius 2 is 1.70 bits per heavy atom. The Labute approximate surface area is 121 Å². The second-order valence-corrected chi connectivity index (χ2v) is 5.69. The first kappa shape index (κ1) is 16.9. The SMILES string of the molecule is CCCCCCCCCC(=O)C1C(=O)CC(C)OC1=O. The van der Waals surface area contributed by atoms with Gasteiger partial charge in [0, 0.05) is 12.8 Å². The van der Waals surface area contributed by atoms with Crippen molar-refractivity contribution in [3.05, 3.63) is 0 Å². The predicted octanol–water partition coefficient (Wildman–Crippen LogP) is 3.22. The van der Waals surface area contributed by atoms with Crippen LogP contribution in [0.25, 0.3) is 0 Å². The first-order valence-electron chi connectivity index (χ1n) is 7.82. The van der Waals surface area contributed by atoms with Crippen LogP contribution < -0.4 is 0 Å². The Kier molecular flexibility index (Phi) is 7.48. The lowest BCUT2D eigenvalue weighted by atomic mass is 9.90. The topological polar surface area (TPSA) is 60.4 Å². The van der Waals surface area contributed by atoms with E-state index in [1.54, 1.807) is 6.92 Å². The van der Waals surface area contributed by atoms with Gasteiger partial charge in [0.25, 0.3) is 0 Å². The summed E-state index contributed by atoms with van der Waals surface area (Å²) in [4.78, 5) is 35.3. The Bertz CT molecular complexity index is 330. The summed E-state index contributed by atoms with van der Waals surface area (Å²) in [6, 6.07) is 0. The van der Waals surface area contributed by atoms with E-state index in [0.29, 0.717) is 6.42 Å². The van der Waals surface area contributed by atoms with Crippen molar-refractivity contribution in [3.8, 4) is 0 Å². The largest absolute Gasteiger partial charge is 0.461 e. The Morgan fingerprint density at radius 3 is 2.30 bits per heavy atom. The second-order valence-electron chi connectivity index (χ2n) is 5.69. The Morgan fingerprint density at radius 1 is 1.10 bits per heavy atom. The third-order valence-corrected chi connectivity index (χ3v) is 3.71. The number of carbonyl (C=O) groups excluding carboxylic acids is 3.